The number of rotatable bonds is 5. The minimum absolute atomic E-state index is 0.0587. The van der Waals surface area contributed by atoms with Crippen LogP contribution in [0.2, 0.25) is 0 Å². The summed E-state index contributed by atoms with van der Waals surface area (Å²) in [5, 5.41) is 4.52. The summed E-state index contributed by atoms with van der Waals surface area (Å²) in [6.45, 7) is 2.75. The quantitative estimate of drug-likeness (QED) is 0.546. The monoisotopic (exact) mass is 428 g/mol. The molecule has 2 heterocycles. The third-order valence-electron chi connectivity index (χ3n) is 7.70. The number of fused-ring (bicyclic) bond motifs is 1. The van der Waals surface area contributed by atoms with Crippen LogP contribution < -0.4 is 10.9 Å². The van der Waals surface area contributed by atoms with Crippen LogP contribution in [0.1, 0.15) is 51.2 Å². The number of hydrogen-bond donors (Lipinski definition) is 1. The zero-order valence-electron chi connectivity index (χ0n) is 18.4. The molecule has 32 heavy (non-hydrogen) atoms. The first kappa shape index (κ1) is 19.6. The van der Waals surface area contributed by atoms with Crippen LogP contribution in [0.3, 0.4) is 0 Å². The van der Waals surface area contributed by atoms with E-state index in [4.69, 9.17) is 4.42 Å². The maximum atomic E-state index is 13.2. The molecular formula is C27H28N2O3. The van der Waals surface area contributed by atoms with E-state index in [2.05, 4.69) is 18.3 Å². The zero-order valence-corrected chi connectivity index (χ0v) is 18.4. The summed E-state index contributed by atoms with van der Waals surface area (Å²) in [5.41, 5.74) is 2.56. The number of amides is 1. The Morgan fingerprint density at radius 2 is 2.09 bits per heavy atom. The van der Waals surface area contributed by atoms with Crippen LogP contribution in [-0.4, -0.2) is 10.5 Å². The van der Waals surface area contributed by atoms with Gasteiger partial charge in [-0.25, -0.2) is 0 Å². The van der Waals surface area contributed by atoms with Gasteiger partial charge in [0.1, 0.15) is 5.76 Å². The van der Waals surface area contributed by atoms with Gasteiger partial charge in [0.05, 0.1) is 12.8 Å². The van der Waals surface area contributed by atoms with Gasteiger partial charge in [-0.2, -0.15) is 0 Å². The number of carbonyl (C=O) groups is 1. The van der Waals surface area contributed by atoms with Crippen molar-refractivity contribution < 1.29 is 9.21 Å². The molecule has 1 N–H and O–H groups in total. The standard InChI is InChI=1S/C27H28N2O3/c1-26-11-18-10-19(12-26)14-27(13-18,17-26)15-24(30)28-23-6-2-5-22-21(23)7-8-29(25(22)31)16-20-4-3-9-32-20/h2-9,11,19H,10,12-17H2,1H3,(H,28,30). The molecule has 0 radical (unpaired) electrons. The molecule has 0 aliphatic heterocycles. The molecule has 2 saturated carbocycles. The summed E-state index contributed by atoms with van der Waals surface area (Å²) in [7, 11) is 0. The Hall–Kier alpha value is -3.08. The van der Waals surface area contributed by atoms with Gasteiger partial charge < -0.3 is 14.3 Å². The lowest BCUT2D eigenvalue weighted by Gasteiger charge is -2.57. The molecule has 4 aliphatic rings. The van der Waals surface area contributed by atoms with Crippen molar-refractivity contribution in [1.82, 2.24) is 4.57 Å². The zero-order chi connectivity index (χ0) is 21.9. The predicted molar refractivity (Wildman–Crippen MR) is 124 cm³/mol. The number of allylic oxidation sites excluding steroid dienone is 2. The first-order chi connectivity index (χ1) is 15.4. The topological polar surface area (TPSA) is 64.2 Å². The fourth-order valence-corrected chi connectivity index (χ4v) is 7.12. The van der Waals surface area contributed by atoms with Gasteiger partial charge in [0.25, 0.3) is 5.56 Å². The van der Waals surface area contributed by atoms with Gasteiger partial charge in [0.15, 0.2) is 0 Å². The van der Waals surface area contributed by atoms with Crippen molar-refractivity contribution in [3.8, 4) is 0 Å². The van der Waals surface area contributed by atoms with Gasteiger partial charge in [0.2, 0.25) is 5.91 Å². The molecule has 0 saturated heterocycles. The first-order valence-corrected chi connectivity index (χ1v) is 11.6. The van der Waals surface area contributed by atoms with Crippen molar-refractivity contribution in [2.45, 2.75) is 52.0 Å². The van der Waals surface area contributed by atoms with E-state index in [1.165, 1.54) is 19.3 Å². The highest BCUT2D eigenvalue weighted by Crippen LogP contribution is 2.63. The number of nitrogens with one attached hydrogen (secondary N) is 1. The van der Waals surface area contributed by atoms with Crippen molar-refractivity contribution in [3.63, 3.8) is 0 Å². The Morgan fingerprint density at radius 1 is 1.19 bits per heavy atom. The molecule has 1 aromatic carbocycles. The average Bonchev–Trinajstić information content (AvgIpc) is 3.21. The fraction of sp³-hybridized carbons (Fsp3) is 0.407. The maximum Gasteiger partial charge on any atom is 0.258 e. The second kappa shape index (κ2) is 6.96. The lowest BCUT2D eigenvalue weighted by Crippen LogP contribution is -2.47. The van der Waals surface area contributed by atoms with Crippen molar-refractivity contribution in [2.75, 3.05) is 5.32 Å². The van der Waals surface area contributed by atoms with Crippen LogP contribution in [0.15, 0.2) is 69.7 Å². The third-order valence-corrected chi connectivity index (χ3v) is 7.70. The molecule has 2 aromatic heterocycles. The highest BCUT2D eigenvalue weighted by atomic mass is 16.3. The van der Waals surface area contributed by atoms with E-state index in [0.29, 0.717) is 24.0 Å². The lowest BCUT2D eigenvalue weighted by molar-refractivity contribution is -0.121. The van der Waals surface area contributed by atoms with Gasteiger partial charge in [-0.1, -0.05) is 24.6 Å². The van der Waals surface area contributed by atoms with Crippen molar-refractivity contribution >= 4 is 22.4 Å². The third kappa shape index (κ3) is 3.31. The summed E-state index contributed by atoms with van der Waals surface area (Å²) in [6.07, 6.45) is 12.3. The normalized spacial score (nSPS) is 28.2. The van der Waals surface area contributed by atoms with Crippen LogP contribution in [0.5, 0.6) is 0 Å². The van der Waals surface area contributed by atoms with E-state index >= 15 is 0 Å². The van der Waals surface area contributed by atoms with Crippen LogP contribution in [0.4, 0.5) is 5.69 Å². The van der Waals surface area contributed by atoms with Gasteiger partial charge in [-0.3, -0.25) is 9.59 Å². The number of aromatic nitrogens is 1. The summed E-state index contributed by atoms with van der Waals surface area (Å²) < 4.78 is 7.02. The minimum Gasteiger partial charge on any atom is -0.467 e. The number of benzene rings is 1. The molecule has 3 atom stereocenters. The van der Waals surface area contributed by atoms with Gasteiger partial charge >= 0.3 is 0 Å². The molecule has 1 amide bonds. The van der Waals surface area contributed by atoms with Crippen LogP contribution in [-0.2, 0) is 11.3 Å². The predicted octanol–water partition coefficient (Wildman–Crippen LogP) is 5.50. The first-order valence-electron chi connectivity index (χ1n) is 11.6. The Kier molecular flexibility index (Phi) is 4.26. The van der Waals surface area contributed by atoms with Crippen LogP contribution in [0, 0.1) is 16.7 Å². The number of hydrogen-bond acceptors (Lipinski definition) is 3. The Balaban J connectivity index is 1.25. The summed E-state index contributed by atoms with van der Waals surface area (Å²) in [6, 6.07) is 11.1. The number of nitrogens with zero attached hydrogens (tertiary/aromatic N) is 1. The highest BCUT2D eigenvalue weighted by Gasteiger charge is 2.52. The van der Waals surface area contributed by atoms with E-state index in [9.17, 15) is 9.59 Å². The van der Waals surface area contributed by atoms with E-state index in [1.807, 2.05) is 36.4 Å². The number of furan rings is 1. The van der Waals surface area contributed by atoms with E-state index in [1.54, 1.807) is 22.6 Å². The Morgan fingerprint density at radius 3 is 2.88 bits per heavy atom. The fourth-order valence-electron chi connectivity index (χ4n) is 7.12. The second-order valence-electron chi connectivity index (χ2n) is 10.6. The summed E-state index contributed by atoms with van der Waals surface area (Å²) in [4.78, 5) is 26.2. The van der Waals surface area contributed by atoms with Gasteiger partial charge in [-0.15, -0.1) is 0 Å². The molecule has 5 heteroatoms. The van der Waals surface area contributed by atoms with Crippen LogP contribution in [0.25, 0.3) is 10.8 Å². The van der Waals surface area contributed by atoms with E-state index < -0.39 is 0 Å². The Bertz CT molecular complexity index is 1300. The molecule has 5 nitrogen and oxygen atoms in total. The van der Waals surface area contributed by atoms with E-state index in [-0.39, 0.29) is 22.3 Å². The SMILES string of the molecule is CC12C=C3CC(C1)CC(CC(=O)Nc1cccc4c(=O)n(Cc5ccco5)ccc14)(C3)C2. The number of anilines is 1. The van der Waals surface area contributed by atoms with Crippen LogP contribution >= 0.6 is 0 Å². The van der Waals surface area contributed by atoms with Crippen molar-refractivity contribution in [2.24, 2.45) is 16.7 Å². The summed E-state index contributed by atoms with van der Waals surface area (Å²) in [5.74, 6) is 1.53. The molecule has 164 valence electrons. The molecule has 3 unspecified atom stereocenters. The second-order valence-corrected chi connectivity index (χ2v) is 10.6. The maximum absolute atomic E-state index is 13.2. The lowest BCUT2D eigenvalue weighted by atomic mass is 9.48. The van der Waals surface area contributed by atoms with E-state index in [0.717, 1.165) is 29.9 Å². The Labute approximate surface area is 187 Å². The minimum atomic E-state index is -0.0871. The van der Waals surface area contributed by atoms with Gasteiger partial charge in [0, 0.05) is 29.1 Å². The largest absolute Gasteiger partial charge is 0.467 e. The molecule has 4 aliphatic carbocycles. The van der Waals surface area contributed by atoms with Crippen molar-refractivity contribution in [3.05, 3.63) is 76.6 Å². The smallest absolute Gasteiger partial charge is 0.258 e. The molecule has 7 rings (SSSR count). The molecular weight excluding hydrogens is 400 g/mol. The number of carbonyl (C=O) groups excluding carboxylic acids is 1. The molecule has 2 fully saturated rings. The number of pyridine rings is 1. The molecule has 4 bridgehead atoms. The molecule has 0 spiro atoms. The van der Waals surface area contributed by atoms with Gasteiger partial charge in [-0.05, 0) is 79.2 Å². The highest BCUT2D eigenvalue weighted by molar-refractivity contribution is 6.02. The molecule has 3 aromatic rings. The summed E-state index contributed by atoms with van der Waals surface area (Å²) >= 11 is 0. The average molecular weight is 429 g/mol. The van der Waals surface area contributed by atoms with Crippen molar-refractivity contribution in [1.29, 1.82) is 0 Å².